The van der Waals surface area contributed by atoms with Crippen LogP contribution in [0, 0.1) is 0 Å². The van der Waals surface area contributed by atoms with E-state index in [1.807, 2.05) is 6.07 Å². The largest absolute Gasteiger partial charge is 0.118 e. The van der Waals surface area contributed by atoms with Gasteiger partial charge in [-0.15, -0.1) is 0 Å². The van der Waals surface area contributed by atoms with Gasteiger partial charge in [0, 0.05) is 5.54 Å². The molecule has 1 rings (SSSR count). The molecule has 0 bridgehead atoms. The Morgan fingerprint density at radius 2 is 1.69 bits per heavy atom. The zero-order valence-corrected chi connectivity index (χ0v) is 9.57. The number of hydrogen-bond acceptors (Lipinski definition) is 0. The van der Waals surface area contributed by atoms with E-state index in [0.717, 1.165) is 12.0 Å². The molecule has 0 aliphatic carbocycles. The van der Waals surface area contributed by atoms with Gasteiger partial charge in [-0.1, -0.05) is 72.1 Å². The van der Waals surface area contributed by atoms with Crippen LogP contribution in [0.2, 0.25) is 0 Å². The van der Waals surface area contributed by atoms with Crippen LogP contribution >= 0.6 is 34.8 Å². The van der Waals surface area contributed by atoms with E-state index in [4.69, 9.17) is 34.8 Å². The van der Waals surface area contributed by atoms with E-state index >= 15 is 0 Å². The number of benzene rings is 1. The van der Waals surface area contributed by atoms with Crippen molar-refractivity contribution in [3.63, 3.8) is 0 Å². The van der Waals surface area contributed by atoms with Crippen LogP contribution in [-0.2, 0) is 6.42 Å². The predicted molar refractivity (Wildman–Crippen MR) is 61.5 cm³/mol. The van der Waals surface area contributed by atoms with Crippen LogP contribution in [0.3, 0.4) is 0 Å². The first-order valence-electron chi connectivity index (χ1n) is 3.86. The zero-order chi connectivity index (χ0) is 10.1. The van der Waals surface area contributed by atoms with Crippen molar-refractivity contribution >= 4 is 34.8 Å². The maximum absolute atomic E-state index is 4.96. The second-order valence-corrected chi connectivity index (χ2v) is 3.46. The van der Waals surface area contributed by atoms with Gasteiger partial charge in [0.05, 0.1) is 0 Å². The van der Waals surface area contributed by atoms with Crippen LogP contribution in [0.25, 0.3) is 0 Å². The van der Waals surface area contributed by atoms with E-state index in [2.05, 4.69) is 31.2 Å². The maximum Gasteiger partial charge on any atom is 0.118 e. The Morgan fingerprint density at radius 1 is 1.23 bits per heavy atom. The summed E-state index contributed by atoms with van der Waals surface area (Å²) < 4.78 is 0.0895. The monoisotopic (exact) mass is 236 g/mol. The zero-order valence-electron chi connectivity index (χ0n) is 7.31. The first-order valence-corrected chi connectivity index (χ1v) is 5.05. The van der Waals surface area contributed by atoms with Crippen molar-refractivity contribution in [2.75, 3.05) is 0 Å². The average molecular weight is 238 g/mol. The molecule has 0 radical (unpaired) electrons. The smallest absolute Gasteiger partial charge is 0.0904 e. The van der Waals surface area contributed by atoms with Gasteiger partial charge >= 0.3 is 0 Å². The van der Waals surface area contributed by atoms with Gasteiger partial charge in [-0.2, -0.15) is 0 Å². The van der Waals surface area contributed by atoms with Crippen LogP contribution in [0.4, 0.5) is 0 Å². The topological polar surface area (TPSA) is 0 Å². The Morgan fingerprint density at radius 3 is 1.92 bits per heavy atom. The molecule has 0 N–H and O–H groups in total. The third-order valence-corrected chi connectivity index (χ3v) is 1.99. The SMILES string of the molecule is CCc1ccccc1.ClC=C(Cl)Cl. The molecule has 0 nitrogen and oxygen atoms in total. The molecule has 0 aliphatic rings. The molecule has 0 atom stereocenters. The van der Waals surface area contributed by atoms with Gasteiger partial charge in [-0.25, -0.2) is 0 Å². The summed E-state index contributed by atoms with van der Waals surface area (Å²) in [6, 6.07) is 10.5. The summed E-state index contributed by atoms with van der Waals surface area (Å²) in [6.45, 7) is 2.16. The highest BCUT2D eigenvalue weighted by Gasteiger charge is 1.79. The third kappa shape index (κ3) is 8.17. The molecule has 0 aliphatic heterocycles. The van der Waals surface area contributed by atoms with Crippen molar-refractivity contribution in [1.82, 2.24) is 0 Å². The molecule has 0 fully saturated rings. The fourth-order valence-corrected chi connectivity index (χ4v) is 0.714. The molecular weight excluding hydrogens is 226 g/mol. The van der Waals surface area contributed by atoms with Crippen LogP contribution in [0.15, 0.2) is 40.4 Å². The molecule has 72 valence electrons. The highest BCUT2D eigenvalue weighted by molar-refractivity contribution is 6.58. The minimum Gasteiger partial charge on any atom is -0.0904 e. The van der Waals surface area contributed by atoms with Crippen LogP contribution < -0.4 is 0 Å². The molecule has 3 heteroatoms. The van der Waals surface area contributed by atoms with Crippen molar-refractivity contribution < 1.29 is 0 Å². The first-order chi connectivity index (χ1) is 6.20. The van der Waals surface area contributed by atoms with Gasteiger partial charge in [0.15, 0.2) is 0 Å². The molecule has 13 heavy (non-hydrogen) atoms. The van der Waals surface area contributed by atoms with E-state index in [-0.39, 0.29) is 4.49 Å². The quantitative estimate of drug-likeness (QED) is 0.661. The standard InChI is InChI=1S/C8H10.C2HCl3/c1-2-8-6-4-3-5-7-8;3-1-2(4)5/h3-7H,2H2,1H3;1H. The fourth-order valence-electron chi connectivity index (χ4n) is 0.714. The minimum atomic E-state index is 0.0895. The number of aryl methyl sites for hydroxylation is 1. The van der Waals surface area contributed by atoms with Gasteiger partial charge < -0.3 is 0 Å². The van der Waals surface area contributed by atoms with E-state index in [9.17, 15) is 0 Å². The molecule has 1 aromatic rings. The highest BCUT2D eigenvalue weighted by atomic mass is 35.5. The second kappa shape index (κ2) is 8.43. The van der Waals surface area contributed by atoms with E-state index < -0.39 is 0 Å². The van der Waals surface area contributed by atoms with Crippen LogP contribution in [0.1, 0.15) is 12.5 Å². The molecule has 0 saturated carbocycles. The van der Waals surface area contributed by atoms with Gasteiger partial charge in [-0.3, -0.25) is 0 Å². The lowest BCUT2D eigenvalue weighted by Crippen LogP contribution is -1.73. The van der Waals surface area contributed by atoms with Crippen LogP contribution in [0.5, 0.6) is 0 Å². The molecule has 0 unspecified atom stereocenters. The Balaban J connectivity index is 0.000000252. The molecule has 0 heterocycles. The Bertz CT molecular complexity index is 238. The first kappa shape index (κ1) is 12.8. The van der Waals surface area contributed by atoms with Gasteiger partial charge in [0.1, 0.15) is 4.49 Å². The number of hydrogen-bond donors (Lipinski definition) is 0. The second-order valence-electron chi connectivity index (χ2n) is 2.24. The van der Waals surface area contributed by atoms with Gasteiger partial charge in [-0.05, 0) is 12.0 Å². The van der Waals surface area contributed by atoms with Crippen molar-refractivity contribution in [2.45, 2.75) is 13.3 Å². The van der Waals surface area contributed by atoms with E-state index in [0.29, 0.717) is 0 Å². The number of halogens is 3. The summed E-state index contributed by atoms with van der Waals surface area (Å²) in [4.78, 5) is 0. The highest BCUT2D eigenvalue weighted by Crippen LogP contribution is 2.05. The van der Waals surface area contributed by atoms with Crippen molar-refractivity contribution in [1.29, 1.82) is 0 Å². The summed E-state index contributed by atoms with van der Waals surface area (Å²) in [5.74, 6) is 0. The van der Waals surface area contributed by atoms with Crippen molar-refractivity contribution in [3.8, 4) is 0 Å². The van der Waals surface area contributed by atoms with Gasteiger partial charge in [0.25, 0.3) is 0 Å². The van der Waals surface area contributed by atoms with Crippen molar-refractivity contribution in [2.24, 2.45) is 0 Å². The summed E-state index contributed by atoms with van der Waals surface area (Å²) in [7, 11) is 0. The summed E-state index contributed by atoms with van der Waals surface area (Å²) in [5.41, 5.74) is 2.50. The molecule has 0 amide bonds. The van der Waals surface area contributed by atoms with Crippen LogP contribution in [-0.4, -0.2) is 0 Å². The Hall–Kier alpha value is -0.170. The molecule has 0 aromatic heterocycles. The third-order valence-electron chi connectivity index (χ3n) is 1.33. The lowest BCUT2D eigenvalue weighted by molar-refractivity contribution is 1.14. The summed E-state index contributed by atoms with van der Waals surface area (Å²) >= 11 is 14.8. The van der Waals surface area contributed by atoms with E-state index in [1.54, 1.807) is 0 Å². The van der Waals surface area contributed by atoms with Gasteiger partial charge in [0.2, 0.25) is 0 Å². The lowest BCUT2D eigenvalue weighted by Gasteiger charge is -1.89. The summed E-state index contributed by atoms with van der Waals surface area (Å²) in [6.07, 6.45) is 1.14. The molecular formula is C10H11Cl3. The van der Waals surface area contributed by atoms with E-state index in [1.165, 1.54) is 5.56 Å². The molecule has 0 saturated heterocycles. The Kier molecular flexibility index (Phi) is 8.32. The number of rotatable bonds is 1. The fraction of sp³-hybridized carbons (Fsp3) is 0.200. The maximum atomic E-state index is 4.96. The minimum absolute atomic E-state index is 0.0895. The Labute approximate surface area is 94.1 Å². The average Bonchev–Trinajstić information content (AvgIpc) is 2.20. The normalized spacial score (nSPS) is 8.31. The molecule has 1 aromatic carbocycles. The predicted octanol–water partition coefficient (Wildman–Crippen LogP) is 4.75. The summed E-state index contributed by atoms with van der Waals surface area (Å²) in [5, 5.41) is 0. The van der Waals surface area contributed by atoms with Crippen molar-refractivity contribution in [3.05, 3.63) is 45.9 Å². The molecule has 0 spiro atoms. The lowest BCUT2D eigenvalue weighted by atomic mass is 10.2.